The number of thiazole rings is 1. The van der Waals surface area contributed by atoms with E-state index in [9.17, 15) is 4.79 Å². The van der Waals surface area contributed by atoms with Crippen molar-refractivity contribution in [2.75, 3.05) is 13.1 Å². The standard InChI is InChI=1S/C13H16N2O2S/c1-2-15(8-7-13(16)17)9-12-14-10-5-3-4-6-11(10)18-12/h3-6H,2,7-9H2,1H3,(H,16,17). The molecule has 4 nitrogen and oxygen atoms in total. The second-order valence-corrected chi connectivity index (χ2v) is 5.20. The summed E-state index contributed by atoms with van der Waals surface area (Å²) in [4.78, 5) is 17.2. The minimum absolute atomic E-state index is 0.179. The molecular weight excluding hydrogens is 248 g/mol. The number of carboxylic acid groups (broad SMARTS) is 1. The van der Waals surface area contributed by atoms with Gasteiger partial charge in [0.05, 0.1) is 23.2 Å². The first-order chi connectivity index (χ1) is 8.69. The molecule has 5 heteroatoms. The number of rotatable bonds is 6. The lowest BCUT2D eigenvalue weighted by Gasteiger charge is -2.17. The molecule has 2 aromatic rings. The summed E-state index contributed by atoms with van der Waals surface area (Å²) in [5, 5.41) is 9.74. The van der Waals surface area contributed by atoms with E-state index >= 15 is 0 Å². The lowest BCUT2D eigenvalue weighted by molar-refractivity contribution is -0.137. The molecular formula is C13H16N2O2S. The van der Waals surface area contributed by atoms with Crippen LogP contribution in [-0.2, 0) is 11.3 Å². The Kier molecular flexibility index (Phi) is 4.28. The Bertz CT molecular complexity index is 506. The van der Waals surface area contributed by atoms with Gasteiger partial charge in [0, 0.05) is 6.54 Å². The molecule has 0 saturated heterocycles. The Morgan fingerprint density at radius 3 is 2.89 bits per heavy atom. The zero-order valence-electron chi connectivity index (χ0n) is 10.3. The summed E-state index contributed by atoms with van der Waals surface area (Å²) >= 11 is 1.68. The third-order valence-electron chi connectivity index (χ3n) is 2.79. The van der Waals surface area contributed by atoms with Crippen LogP contribution in [0.3, 0.4) is 0 Å². The molecule has 0 bridgehead atoms. The second-order valence-electron chi connectivity index (χ2n) is 4.09. The van der Waals surface area contributed by atoms with Crippen LogP contribution in [-0.4, -0.2) is 34.0 Å². The molecule has 0 atom stereocenters. The van der Waals surface area contributed by atoms with E-state index in [4.69, 9.17) is 5.11 Å². The second kappa shape index (κ2) is 5.93. The highest BCUT2D eigenvalue weighted by molar-refractivity contribution is 7.18. The van der Waals surface area contributed by atoms with Crippen LogP contribution in [0.5, 0.6) is 0 Å². The minimum atomic E-state index is -0.752. The van der Waals surface area contributed by atoms with E-state index in [0.29, 0.717) is 6.54 Å². The third-order valence-corrected chi connectivity index (χ3v) is 3.81. The summed E-state index contributed by atoms with van der Waals surface area (Å²) in [7, 11) is 0. The smallest absolute Gasteiger partial charge is 0.304 e. The number of aromatic nitrogens is 1. The molecule has 1 aromatic heterocycles. The average Bonchev–Trinajstić information content (AvgIpc) is 2.76. The van der Waals surface area contributed by atoms with Crippen molar-refractivity contribution in [2.45, 2.75) is 19.9 Å². The Balaban J connectivity index is 2.04. The van der Waals surface area contributed by atoms with E-state index in [1.807, 2.05) is 25.1 Å². The zero-order valence-corrected chi connectivity index (χ0v) is 11.1. The van der Waals surface area contributed by atoms with E-state index in [1.54, 1.807) is 11.3 Å². The SMILES string of the molecule is CCN(CCC(=O)O)Cc1nc2ccccc2s1. The quantitative estimate of drug-likeness (QED) is 0.871. The molecule has 1 N–H and O–H groups in total. The molecule has 0 fully saturated rings. The van der Waals surface area contributed by atoms with E-state index in [0.717, 1.165) is 23.6 Å². The maximum atomic E-state index is 10.6. The van der Waals surface area contributed by atoms with Gasteiger partial charge >= 0.3 is 5.97 Å². The van der Waals surface area contributed by atoms with Gasteiger partial charge in [0.25, 0.3) is 0 Å². The van der Waals surface area contributed by atoms with E-state index < -0.39 is 5.97 Å². The van der Waals surface area contributed by atoms with Crippen LogP contribution in [0.25, 0.3) is 10.2 Å². The summed E-state index contributed by atoms with van der Waals surface area (Å²) in [6.07, 6.45) is 0.179. The van der Waals surface area contributed by atoms with Gasteiger partial charge in [0.2, 0.25) is 0 Å². The Hall–Kier alpha value is -1.46. The van der Waals surface area contributed by atoms with Crippen LogP contribution in [0.4, 0.5) is 0 Å². The Morgan fingerprint density at radius 2 is 2.22 bits per heavy atom. The summed E-state index contributed by atoms with van der Waals surface area (Å²) in [5.41, 5.74) is 1.02. The number of para-hydroxylation sites is 1. The van der Waals surface area contributed by atoms with Gasteiger partial charge in [0.1, 0.15) is 5.01 Å². The van der Waals surface area contributed by atoms with Gasteiger partial charge in [-0.15, -0.1) is 11.3 Å². The predicted octanol–water partition coefficient (Wildman–Crippen LogP) is 2.59. The van der Waals surface area contributed by atoms with Gasteiger partial charge in [-0.2, -0.15) is 0 Å². The number of benzene rings is 1. The molecule has 0 amide bonds. The fourth-order valence-corrected chi connectivity index (χ4v) is 2.79. The number of aliphatic carboxylic acids is 1. The fourth-order valence-electron chi connectivity index (χ4n) is 1.78. The van der Waals surface area contributed by atoms with Crippen LogP contribution in [0.2, 0.25) is 0 Å². The Morgan fingerprint density at radius 1 is 1.44 bits per heavy atom. The molecule has 0 aliphatic carbocycles. The van der Waals surface area contributed by atoms with Gasteiger partial charge in [-0.25, -0.2) is 4.98 Å². The van der Waals surface area contributed by atoms with Crippen molar-refractivity contribution in [3.63, 3.8) is 0 Å². The van der Waals surface area contributed by atoms with Crippen molar-refractivity contribution in [1.29, 1.82) is 0 Å². The lowest BCUT2D eigenvalue weighted by atomic mass is 10.3. The van der Waals surface area contributed by atoms with Crippen molar-refractivity contribution < 1.29 is 9.90 Å². The molecule has 96 valence electrons. The normalized spacial score (nSPS) is 11.2. The molecule has 18 heavy (non-hydrogen) atoms. The van der Waals surface area contributed by atoms with Crippen molar-refractivity contribution >= 4 is 27.5 Å². The summed E-state index contributed by atoms with van der Waals surface area (Å²) in [5.74, 6) is -0.752. The molecule has 1 aromatic carbocycles. The molecule has 0 unspecified atom stereocenters. The van der Waals surface area contributed by atoms with Crippen LogP contribution in [0.1, 0.15) is 18.4 Å². The maximum Gasteiger partial charge on any atom is 0.304 e. The number of carbonyl (C=O) groups is 1. The van der Waals surface area contributed by atoms with Crippen molar-refractivity contribution in [3.05, 3.63) is 29.3 Å². The highest BCUT2D eigenvalue weighted by Crippen LogP contribution is 2.22. The molecule has 0 spiro atoms. The number of hydrogen-bond donors (Lipinski definition) is 1. The molecule has 1 heterocycles. The highest BCUT2D eigenvalue weighted by atomic mass is 32.1. The molecule has 0 radical (unpaired) electrons. The third kappa shape index (κ3) is 3.27. The largest absolute Gasteiger partial charge is 0.481 e. The summed E-state index contributed by atoms with van der Waals surface area (Å²) in [6, 6.07) is 8.05. The first-order valence-electron chi connectivity index (χ1n) is 5.97. The van der Waals surface area contributed by atoms with E-state index in [-0.39, 0.29) is 6.42 Å². The van der Waals surface area contributed by atoms with Crippen LogP contribution >= 0.6 is 11.3 Å². The van der Waals surface area contributed by atoms with Gasteiger partial charge in [-0.05, 0) is 18.7 Å². The first-order valence-corrected chi connectivity index (χ1v) is 6.79. The first kappa shape index (κ1) is 13.0. The highest BCUT2D eigenvalue weighted by Gasteiger charge is 2.09. The number of hydrogen-bond acceptors (Lipinski definition) is 4. The van der Waals surface area contributed by atoms with Crippen LogP contribution in [0.15, 0.2) is 24.3 Å². The van der Waals surface area contributed by atoms with Crippen LogP contribution < -0.4 is 0 Å². The van der Waals surface area contributed by atoms with Gasteiger partial charge < -0.3 is 5.11 Å². The van der Waals surface area contributed by atoms with Crippen LogP contribution in [0, 0.1) is 0 Å². The van der Waals surface area contributed by atoms with E-state index in [1.165, 1.54) is 4.70 Å². The molecule has 0 aliphatic rings. The van der Waals surface area contributed by atoms with Gasteiger partial charge in [-0.3, -0.25) is 9.69 Å². The summed E-state index contributed by atoms with van der Waals surface area (Å²) in [6.45, 7) is 4.17. The number of nitrogens with zero attached hydrogens (tertiary/aromatic N) is 2. The number of fused-ring (bicyclic) bond motifs is 1. The van der Waals surface area contributed by atoms with Gasteiger partial charge in [-0.1, -0.05) is 19.1 Å². The predicted molar refractivity (Wildman–Crippen MR) is 72.8 cm³/mol. The van der Waals surface area contributed by atoms with E-state index in [2.05, 4.69) is 16.0 Å². The van der Waals surface area contributed by atoms with Crippen molar-refractivity contribution in [2.24, 2.45) is 0 Å². The summed E-state index contributed by atoms with van der Waals surface area (Å²) < 4.78 is 1.18. The molecule has 0 aliphatic heterocycles. The van der Waals surface area contributed by atoms with Crippen molar-refractivity contribution in [1.82, 2.24) is 9.88 Å². The van der Waals surface area contributed by atoms with Gasteiger partial charge in [0.15, 0.2) is 0 Å². The lowest BCUT2D eigenvalue weighted by Crippen LogP contribution is -2.25. The maximum absolute atomic E-state index is 10.6. The average molecular weight is 264 g/mol. The molecule has 0 saturated carbocycles. The van der Waals surface area contributed by atoms with Crippen molar-refractivity contribution in [3.8, 4) is 0 Å². The minimum Gasteiger partial charge on any atom is -0.481 e. The monoisotopic (exact) mass is 264 g/mol. The topological polar surface area (TPSA) is 53.4 Å². The number of carboxylic acids is 1. The zero-order chi connectivity index (χ0) is 13.0. The molecule has 2 rings (SSSR count). The Labute approximate surface area is 110 Å². The fraction of sp³-hybridized carbons (Fsp3) is 0.385.